The van der Waals surface area contributed by atoms with Crippen molar-refractivity contribution >= 4 is 12.1 Å². The zero-order chi connectivity index (χ0) is 20.3. The molecule has 0 aliphatic heterocycles. The number of fused-ring (bicyclic) bond motifs is 3. The summed E-state index contributed by atoms with van der Waals surface area (Å²) in [7, 11) is 0. The van der Waals surface area contributed by atoms with E-state index in [1.54, 1.807) is 0 Å². The molecule has 148 valence electrons. The van der Waals surface area contributed by atoms with Crippen LogP contribution in [0, 0.1) is 5.41 Å². The monoisotopic (exact) mass is 381 g/mol. The zero-order valence-corrected chi connectivity index (χ0v) is 16.6. The number of carboxylic acids is 1. The third-order valence-electron chi connectivity index (χ3n) is 6.17. The number of hydrogen-bond donors (Lipinski definition) is 2. The molecule has 1 aliphatic carbocycles. The summed E-state index contributed by atoms with van der Waals surface area (Å²) in [6.07, 6.45) is 0.594. The molecule has 3 rings (SSSR count). The van der Waals surface area contributed by atoms with Gasteiger partial charge in [0.25, 0.3) is 0 Å². The van der Waals surface area contributed by atoms with Crippen LogP contribution in [0.25, 0.3) is 11.1 Å². The second-order valence-electron chi connectivity index (χ2n) is 7.60. The molecule has 1 amide bonds. The van der Waals surface area contributed by atoms with Crippen molar-refractivity contribution in [1.29, 1.82) is 0 Å². The van der Waals surface area contributed by atoms with Crippen LogP contribution in [0.15, 0.2) is 48.5 Å². The van der Waals surface area contributed by atoms with Gasteiger partial charge in [-0.05, 0) is 40.5 Å². The Morgan fingerprint density at radius 3 is 2.00 bits per heavy atom. The van der Waals surface area contributed by atoms with Gasteiger partial charge in [0.2, 0.25) is 0 Å². The molecule has 0 spiro atoms. The summed E-state index contributed by atoms with van der Waals surface area (Å²) in [6, 6.07) is 15.2. The number of nitrogens with one attached hydrogen (secondary N) is 1. The Hall–Kier alpha value is -2.82. The summed E-state index contributed by atoms with van der Waals surface area (Å²) in [5.74, 6) is -1.09. The van der Waals surface area contributed by atoms with E-state index in [4.69, 9.17) is 4.74 Å². The van der Waals surface area contributed by atoms with Crippen molar-refractivity contribution in [3.05, 3.63) is 59.7 Å². The minimum absolute atomic E-state index is 0.0508. The molecular weight excluding hydrogens is 354 g/mol. The van der Waals surface area contributed by atoms with Crippen molar-refractivity contribution in [1.82, 2.24) is 5.32 Å². The van der Waals surface area contributed by atoms with Crippen LogP contribution in [0.2, 0.25) is 0 Å². The van der Waals surface area contributed by atoms with E-state index in [0.29, 0.717) is 12.8 Å². The number of alkyl carbamates (subject to hydrolysis) is 1. The fraction of sp³-hybridized carbons (Fsp3) is 0.391. The number of carboxylic acid groups (broad SMARTS) is 1. The number of hydrogen-bond acceptors (Lipinski definition) is 3. The van der Waals surface area contributed by atoms with E-state index in [0.717, 1.165) is 22.3 Å². The maximum absolute atomic E-state index is 12.4. The molecule has 0 aromatic heterocycles. The van der Waals surface area contributed by atoms with Crippen LogP contribution in [0.1, 0.15) is 50.7 Å². The van der Waals surface area contributed by atoms with Crippen LogP contribution in [0.4, 0.5) is 4.79 Å². The van der Waals surface area contributed by atoms with E-state index >= 15 is 0 Å². The highest BCUT2D eigenvalue weighted by atomic mass is 16.5. The third-order valence-corrected chi connectivity index (χ3v) is 6.17. The Morgan fingerprint density at radius 1 is 1.04 bits per heavy atom. The quantitative estimate of drug-likeness (QED) is 0.722. The minimum Gasteiger partial charge on any atom is -0.480 e. The number of carbonyl (C=O) groups excluding carboxylic acids is 1. The van der Waals surface area contributed by atoms with Gasteiger partial charge in [-0.15, -0.1) is 0 Å². The molecule has 0 radical (unpaired) electrons. The SMILES string of the molecule is CCC(C)(CC)C(NC(=O)OCC1c2ccccc2-c2ccccc21)C(=O)O. The fourth-order valence-corrected chi connectivity index (χ4v) is 3.95. The van der Waals surface area contributed by atoms with Crippen LogP contribution in [-0.4, -0.2) is 29.8 Å². The van der Waals surface area contributed by atoms with Crippen LogP contribution in [0.5, 0.6) is 0 Å². The number of aliphatic carboxylic acids is 1. The molecule has 0 heterocycles. The summed E-state index contributed by atoms with van der Waals surface area (Å²) in [4.78, 5) is 24.1. The van der Waals surface area contributed by atoms with Crippen molar-refractivity contribution in [3.8, 4) is 11.1 Å². The van der Waals surface area contributed by atoms with Crippen LogP contribution < -0.4 is 5.32 Å². The Morgan fingerprint density at radius 2 is 1.54 bits per heavy atom. The van der Waals surface area contributed by atoms with Crippen molar-refractivity contribution in [2.24, 2.45) is 5.41 Å². The smallest absolute Gasteiger partial charge is 0.407 e. The maximum atomic E-state index is 12.4. The molecule has 2 N–H and O–H groups in total. The number of benzene rings is 2. The van der Waals surface area contributed by atoms with Gasteiger partial charge in [-0.25, -0.2) is 9.59 Å². The first-order valence-electron chi connectivity index (χ1n) is 9.75. The predicted molar refractivity (Wildman–Crippen MR) is 108 cm³/mol. The molecule has 0 saturated carbocycles. The van der Waals surface area contributed by atoms with Crippen LogP contribution >= 0.6 is 0 Å². The van der Waals surface area contributed by atoms with E-state index in [1.807, 2.05) is 57.2 Å². The van der Waals surface area contributed by atoms with Gasteiger partial charge in [0.1, 0.15) is 12.6 Å². The third kappa shape index (κ3) is 3.61. The molecule has 0 fully saturated rings. The summed E-state index contributed by atoms with van der Waals surface area (Å²) in [5.41, 5.74) is 4.02. The normalized spacial score (nSPS) is 14.1. The average Bonchev–Trinajstić information content (AvgIpc) is 3.03. The van der Waals surface area contributed by atoms with E-state index in [9.17, 15) is 14.7 Å². The first kappa shape index (κ1) is 19.9. The average molecular weight is 381 g/mol. The second kappa shape index (κ2) is 8.05. The summed E-state index contributed by atoms with van der Waals surface area (Å²) in [6.45, 7) is 5.90. The van der Waals surface area contributed by atoms with Gasteiger partial charge in [0.15, 0.2) is 0 Å². The maximum Gasteiger partial charge on any atom is 0.407 e. The molecule has 1 unspecified atom stereocenters. The van der Waals surface area contributed by atoms with E-state index in [-0.39, 0.29) is 12.5 Å². The van der Waals surface area contributed by atoms with Gasteiger partial charge < -0.3 is 15.2 Å². The molecule has 5 heteroatoms. The predicted octanol–water partition coefficient (Wildman–Crippen LogP) is 4.80. The molecule has 0 bridgehead atoms. The summed E-state index contributed by atoms with van der Waals surface area (Å²) >= 11 is 0. The highest BCUT2D eigenvalue weighted by Crippen LogP contribution is 2.44. The van der Waals surface area contributed by atoms with Gasteiger partial charge in [-0.1, -0.05) is 69.3 Å². The number of rotatable bonds is 7. The zero-order valence-electron chi connectivity index (χ0n) is 16.6. The standard InChI is InChI=1S/C23H27NO4/c1-4-23(3,5-2)20(21(25)26)24-22(27)28-14-19-17-12-8-6-10-15(17)16-11-7-9-13-18(16)19/h6-13,19-20H,4-5,14H2,1-3H3,(H,24,27)(H,25,26). The lowest BCUT2D eigenvalue weighted by Crippen LogP contribution is -2.51. The van der Waals surface area contributed by atoms with Gasteiger partial charge >= 0.3 is 12.1 Å². The van der Waals surface area contributed by atoms with Gasteiger partial charge in [-0.2, -0.15) is 0 Å². The number of amides is 1. The molecule has 0 saturated heterocycles. The van der Waals surface area contributed by atoms with Crippen molar-refractivity contribution in [2.45, 2.75) is 45.6 Å². The first-order chi connectivity index (χ1) is 13.4. The Balaban J connectivity index is 1.74. The highest BCUT2D eigenvalue weighted by molar-refractivity contribution is 5.81. The Bertz CT molecular complexity index is 827. The number of ether oxygens (including phenoxy) is 1. The van der Waals surface area contributed by atoms with Crippen molar-refractivity contribution in [2.75, 3.05) is 6.61 Å². The van der Waals surface area contributed by atoms with E-state index in [1.165, 1.54) is 0 Å². The topological polar surface area (TPSA) is 75.6 Å². The molecule has 2 aromatic rings. The summed E-state index contributed by atoms with van der Waals surface area (Å²) in [5, 5.41) is 12.2. The fourth-order valence-electron chi connectivity index (χ4n) is 3.95. The van der Waals surface area contributed by atoms with Crippen LogP contribution in [0.3, 0.4) is 0 Å². The van der Waals surface area contributed by atoms with E-state index in [2.05, 4.69) is 17.4 Å². The molecule has 1 atom stereocenters. The minimum atomic E-state index is -1.04. The molecule has 1 aliphatic rings. The van der Waals surface area contributed by atoms with Crippen LogP contribution in [-0.2, 0) is 9.53 Å². The summed E-state index contributed by atoms with van der Waals surface area (Å²) < 4.78 is 5.49. The van der Waals surface area contributed by atoms with Gasteiger partial charge in [-0.3, -0.25) is 0 Å². The van der Waals surface area contributed by atoms with Gasteiger partial charge in [0, 0.05) is 5.92 Å². The van der Waals surface area contributed by atoms with Crippen molar-refractivity contribution < 1.29 is 19.4 Å². The lowest BCUT2D eigenvalue weighted by molar-refractivity contribution is -0.143. The van der Waals surface area contributed by atoms with Crippen molar-refractivity contribution in [3.63, 3.8) is 0 Å². The molecule has 5 nitrogen and oxygen atoms in total. The lowest BCUT2D eigenvalue weighted by Gasteiger charge is -2.33. The molecule has 2 aromatic carbocycles. The first-order valence-corrected chi connectivity index (χ1v) is 9.75. The highest BCUT2D eigenvalue weighted by Gasteiger charge is 2.38. The Labute approximate surface area is 165 Å². The van der Waals surface area contributed by atoms with Gasteiger partial charge in [0.05, 0.1) is 0 Å². The number of carbonyl (C=O) groups is 2. The molecule has 28 heavy (non-hydrogen) atoms. The largest absolute Gasteiger partial charge is 0.480 e. The Kier molecular flexibility index (Phi) is 5.73. The lowest BCUT2D eigenvalue weighted by atomic mass is 9.77. The second-order valence-corrected chi connectivity index (χ2v) is 7.60. The molecular formula is C23H27NO4. The van der Waals surface area contributed by atoms with E-state index < -0.39 is 23.5 Å².